The molecule has 0 radical (unpaired) electrons. The highest BCUT2D eigenvalue weighted by Crippen LogP contribution is 2.15. The van der Waals surface area contributed by atoms with E-state index in [1.54, 1.807) is 44.2 Å². The third kappa shape index (κ3) is 3.09. The molecule has 0 unspecified atom stereocenters. The first-order chi connectivity index (χ1) is 7.48. The SMILES string of the molecule is C=Cc1cccc(C(=O)OC(C)(C)C=C)c1. The van der Waals surface area contributed by atoms with Crippen LogP contribution in [0.3, 0.4) is 0 Å². The first-order valence-corrected chi connectivity index (χ1v) is 5.08. The number of hydrogen-bond donors (Lipinski definition) is 0. The average Bonchev–Trinajstić information content (AvgIpc) is 2.28. The van der Waals surface area contributed by atoms with Crippen molar-refractivity contribution >= 4 is 12.0 Å². The van der Waals surface area contributed by atoms with Crippen LogP contribution in [0.1, 0.15) is 29.8 Å². The minimum atomic E-state index is -0.652. The summed E-state index contributed by atoms with van der Waals surface area (Å²) < 4.78 is 5.28. The van der Waals surface area contributed by atoms with Crippen LogP contribution < -0.4 is 0 Å². The molecule has 0 saturated carbocycles. The van der Waals surface area contributed by atoms with Crippen molar-refractivity contribution in [3.63, 3.8) is 0 Å². The van der Waals surface area contributed by atoms with E-state index >= 15 is 0 Å². The molecule has 0 aliphatic carbocycles. The summed E-state index contributed by atoms with van der Waals surface area (Å²) >= 11 is 0. The first kappa shape index (κ1) is 12.2. The number of ether oxygens (including phenoxy) is 1. The summed E-state index contributed by atoms with van der Waals surface area (Å²) in [6, 6.07) is 7.14. The van der Waals surface area contributed by atoms with Crippen molar-refractivity contribution in [1.29, 1.82) is 0 Å². The molecule has 0 aromatic heterocycles. The first-order valence-electron chi connectivity index (χ1n) is 5.08. The second-order valence-corrected chi connectivity index (χ2v) is 4.03. The summed E-state index contributed by atoms with van der Waals surface area (Å²) in [4.78, 5) is 11.8. The quantitative estimate of drug-likeness (QED) is 0.569. The van der Waals surface area contributed by atoms with Gasteiger partial charge in [-0.25, -0.2) is 4.79 Å². The highest BCUT2D eigenvalue weighted by Gasteiger charge is 2.19. The van der Waals surface area contributed by atoms with Gasteiger partial charge in [-0.15, -0.1) is 0 Å². The van der Waals surface area contributed by atoms with Crippen molar-refractivity contribution < 1.29 is 9.53 Å². The summed E-state index contributed by atoms with van der Waals surface area (Å²) in [5, 5.41) is 0. The van der Waals surface area contributed by atoms with E-state index in [-0.39, 0.29) is 5.97 Å². The molecule has 1 aromatic rings. The van der Waals surface area contributed by atoms with Gasteiger partial charge in [0.1, 0.15) is 5.60 Å². The van der Waals surface area contributed by atoms with E-state index in [0.29, 0.717) is 5.56 Å². The lowest BCUT2D eigenvalue weighted by molar-refractivity contribution is 0.0174. The molecule has 0 spiro atoms. The fourth-order valence-corrected chi connectivity index (χ4v) is 1.13. The molecule has 0 saturated heterocycles. The standard InChI is InChI=1S/C14H16O2/c1-5-11-8-7-9-12(10-11)13(15)16-14(3,4)6-2/h5-10H,1-2H2,3-4H3. The zero-order chi connectivity index (χ0) is 12.2. The maximum Gasteiger partial charge on any atom is 0.338 e. The molecule has 1 aromatic carbocycles. The van der Waals surface area contributed by atoms with Crippen molar-refractivity contribution in [3.05, 3.63) is 54.6 Å². The predicted octanol–water partition coefficient (Wildman–Crippen LogP) is 3.45. The van der Waals surface area contributed by atoms with E-state index in [2.05, 4.69) is 13.2 Å². The molecule has 0 aliphatic rings. The molecule has 0 atom stereocenters. The minimum absolute atomic E-state index is 0.353. The van der Waals surface area contributed by atoms with Gasteiger partial charge in [-0.1, -0.05) is 31.4 Å². The Balaban J connectivity index is 2.88. The van der Waals surface area contributed by atoms with Crippen LogP contribution in [-0.2, 0) is 4.74 Å². The number of esters is 1. The Hall–Kier alpha value is -1.83. The molecular formula is C14H16O2. The van der Waals surface area contributed by atoms with Crippen LogP contribution in [0.25, 0.3) is 6.08 Å². The van der Waals surface area contributed by atoms with Crippen molar-refractivity contribution in [2.45, 2.75) is 19.4 Å². The van der Waals surface area contributed by atoms with Crippen LogP contribution in [0.5, 0.6) is 0 Å². The second-order valence-electron chi connectivity index (χ2n) is 4.03. The molecule has 2 nitrogen and oxygen atoms in total. The van der Waals surface area contributed by atoms with E-state index in [0.717, 1.165) is 5.56 Å². The Morgan fingerprint density at radius 1 is 1.38 bits per heavy atom. The lowest BCUT2D eigenvalue weighted by Gasteiger charge is -2.20. The van der Waals surface area contributed by atoms with Crippen molar-refractivity contribution in [2.24, 2.45) is 0 Å². The molecule has 0 fully saturated rings. The third-order valence-electron chi connectivity index (χ3n) is 2.21. The second kappa shape index (κ2) is 4.79. The summed E-state index contributed by atoms with van der Waals surface area (Å²) in [5.41, 5.74) is 0.763. The highest BCUT2D eigenvalue weighted by atomic mass is 16.6. The summed E-state index contributed by atoms with van der Waals surface area (Å²) in [6.07, 6.45) is 3.29. The fraction of sp³-hybridized carbons (Fsp3) is 0.214. The van der Waals surface area contributed by atoms with Gasteiger partial charge in [0.2, 0.25) is 0 Å². The Kier molecular flexibility index (Phi) is 3.67. The Morgan fingerprint density at radius 3 is 2.62 bits per heavy atom. The molecule has 84 valence electrons. The lowest BCUT2D eigenvalue weighted by Crippen LogP contribution is -2.25. The number of benzene rings is 1. The molecule has 2 heteroatoms. The highest BCUT2D eigenvalue weighted by molar-refractivity contribution is 5.90. The average molecular weight is 216 g/mol. The van der Waals surface area contributed by atoms with Gasteiger partial charge in [-0.2, -0.15) is 0 Å². The van der Waals surface area contributed by atoms with Crippen molar-refractivity contribution in [2.75, 3.05) is 0 Å². The molecule has 0 heterocycles. The summed E-state index contributed by atoms with van der Waals surface area (Å²) in [6.45, 7) is 10.8. The minimum Gasteiger partial charge on any atom is -0.452 e. The van der Waals surface area contributed by atoms with E-state index in [9.17, 15) is 4.79 Å². The van der Waals surface area contributed by atoms with Gasteiger partial charge in [0.05, 0.1) is 5.56 Å². The van der Waals surface area contributed by atoms with Gasteiger partial charge in [-0.3, -0.25) is 0 Å². The molecule has 0 bridgehead atoms. The maximum atomic E-state index is 11.8. The van der Waals surface area contributed by atoms with Crippen LogP contribution in [0.2, 0.25) is 0 Å². The van der Waals surface area contributed by atoms with Gasteiger partial charge < -0.3 is 4.74 Å². The number of carbonyl (C=O) groups is 1. The number of carbonyl (C=O) groups excluding carboxylic acids is 1. The van der Waals surface area contributed by atoms with Crippen LogP contribution in [0.4, 0.5) is 0 Å². The van der Waals surface area contributed by atoms with Crippen LogP contribution in [-0.4, -0.2) is 11.6 Å². The Labute approximate surface area is 96.2 Å². The molecule has 0 N–H and O–H groups in total. The zero-order valence-corrected chi connectivity index (χ0v) is 9.69. The molecule has 16 heavy (non-hydrogen) atoms. The summed E-state index contributed by atoms with van der Waals surface area (Å²) in [5.74, 6) is -0.353. The normalized spacial score (nSPS) is 10.6. The predicted molar refractivity (Wildman–Crippen MR) is 66.2 cm³/mol. The van der Waals surface area contributed by atoms with Gasteiger partial charge in [0.25, 0.3) is 0 Å². The molecular weight excluding hydrogens is 200 g/mol. The zero-order valence-electron chi connectivity index (χ0n) is 9.69. The van der Waals surface area contributed by atoms with Crippen LogP contribution in [0.15, 0.2) is 43.5 Å². The van der Waals surface area contributed by atoms with Gasteiger partial charge in [-0.05, 0) is 37.6 Å². The van der Waals surface area contributed by atoms with Gasteiger partial charge in [0, 0.05) is 0 Å². The van der Waals surface area contributed by atoms with Crippen molar-refractivity contribution in [3.8, 4) is 0 Å². The van der Waals surface area contributed by atoms with Crippen LogP contribution in [0, 0.1) is 0 Å². The molecule has 0 amide bonds. The summed E-state index contributed by atoms with van der Waals surface area (Å²) in [7, 11) is 0. The number of rotatable bonds is 4. The van der Waals surface area contributed by atoms with E-state index in [1.807, 2.05) is 6.07 Å². The van der Waals surface area contributed by atoms with Gasteiger partial charge in [0.15, 0.2) is 0 Å². The monoisotopic (exact) mass is 216 g/mol. The lowest BCUT2D eigenvalue weighted by atomic mass is 10.1. The fourth-order valence-electron chi connectivity index (χ4n) is 1.13. The largest absolute Gasteiger partial charge is 0.452 e. The van der Waals surface area contributed by atoms with E-state index in [1.165, 1.54) is 0 Å². The molecule has 1 rings (SSSR count). The maximum absolute atomic E-state index is 11.8. The third-order valence-corrected chi connectivity index (χ3v) is 2.21. The van der Waals surface area contributed by atoms with E-state index in [4.69, 9.17) is 4.74 Å². The van der Waals surface area contributed by atoms with Gasteiger partial charge >= 0.3 is 5.97 Å². The molecule has 0 aliphatic heterocycles. The van der Waals surface area contributed by atoms with Crippen molar-refractivity contribution in [1.82, 2.24) is 0 Å². The van der Waals surface area contributed by atoms with E-state index < -0.39 is 5.60 Å². The number of hydrogen-bond acceptors (Lipinski definition) is 2. The van der Waals surface area contributed by atoms with Crippen LogP contribution >= 0.6 is 0 Å². The smallest absolute Gasteiger partial charge is 0.338 e. The Morgan fingerprint density at radius 2 is 2.06 bits per heavy atom. The Bertz CT molecular complexity index is 416. The topological polar surface area (TPSA) is 26.3 Å².